The van der Waals surface area contributed by atoms with Gasteiger partial charge in [0, 0.05) is 22.8 Å². The van der Waals surface area contributed by atoms with E-state index in [0.29, 0.717) is 50.5 Å². The summed E-state index contributed by atoms with van der Waals surface area (Å²) in [6.45, 7) is 3.78. The second-order valence-electron chi connectivity index (χ2n) is 9.94. The number of fused-ring (bicyclic) bond motifs is 2. The maximum Gasteiger partial charge on any atom is 0.335 e. The Balaban J connectivity index is 1.57. The fraction of sp³-hybridized carbons (Fsp3) is 0.143. The summed E-state index contributed by atoms with van der Waals surface area (Å²) >= 11 is 0. The van der Waals surface area contributed by atoms with Crippen molar-refractivity contribution < 1.29 is 33.0 Å². The van der Waals surface area contributed by atoms with Gasteiger partial charge >= 0.3 is 5.97 Å². The summed E-state index contributed by atoms with van der Waals surface area (Å²) < 4.78 is 23.5. The third-order valence-corrected chi connectivity index (χ3v) is 7.51. The number of furan rings is 2. The minimum atomic E-state index is -0.734. The van der Waals surface area contributed by atoms with E-state index in [4.69, 9.17) is 18.3 Å². The highest BCUT2D eigenvalue weighted by Crippen LogP contribution is 2.45. The van der Waals surface area contributed by atoms with Crippen LogP contribution in [0.15, 0.2) is 92.8 Å². The number of methoxy groups -OCH3 is 1. The Hall–Kier alpha value is -5.30. The highest BCUT2D eigenvalue weighted by Gasteiger charge is 2.37. The van der Waals surface area contributed by atoms with Gasteiger partial charge in [-0.1, -0.05) is 54.6 Å². The van der Waals surface area contributed by atoms with E-state index in [1.54, 1.807) is 56.5 Å². The zero-order chi connectivity index (χ0) is 29.4. The molecule has 1 atom stereocenters. The van der Waals surface area contributed by atoms with Crippen molar-refractivity contribution in [1.29, 1.82) is 0 Å². The first-order chi connectivity index (χ1) is 20.4. The molecule has 0 aliphatic heterocycles. The van der Waals surface area contributed by atoms with Crippen LogP contribution in [0.5, 0.6) is 11.5 Å². The number of carbonyl (C=O) groups excluding carboxylic acids is 2. The van der Waals surface area contributed by atoms with E-state index in [1.807, 2.05) is 49.4 Å². The van der Waals surface area contributed by atoms with Gasteiger partial charge in [-0.25, -0.2) is 4.79 Å². The predicted octanol–water partition coefficient (Wildman–Crippen LogP) is 5.85. The number of aldehydes is 1. The van der Waals surface area contributed by atoms with Crippen LogP contribution in [-0.2, 0) is 9.53 Å². The van der Waals surface area contributed by atoms with Crippen LogP contribution in [0.25, 0.3) is 34.2 Å². The average molecular weight is 561 g/mol. The summed E-state index contributed by atoms with van der Waals surface area (Å²) in [6.07, 6.45) is 4.10. The first-order valence-corrected chi connectivity index (χ1v) is 13.6. The highest BCUT2D eigenvalue weighted by molar-refractivity contribution is 5.98. The van der Waals surface area contributed by atoms with E-state index in [2.05, 4.69) is 0 Å². The van der Waals surface area contributed by atoms with E-state index in [-0.39, 0.29) is 17.8 Å². The molecule has 7 heteroatoms. The van der Waals surface area contributed by atoms with Gasteiger partial charge < -0.3 is 23.4 Å². The minimum absolute atomic E-state index is 0.123. The Labute approximate surface area is 241 Å². The van der Waals surface area contributed by atoms with Gasteiger partial charge in [0.15, 0.2) is 17.5 Å². The van der Waals surface area contributed by atoms with E-state index in [9.17, 15) is 14.7 Å². The van der Waals surface area contributed by atoms with Crippen LogP contribution in [0.3, 0.4) is 0 Å². The number of aromatic hydroxyl groups is 1. The third-order valence-electron chi connectivity index (χ3n) is 7.51. The van der Waals surface area contributed by atoms with Crippen molar-refractivity contribution in [2.24, 2.45) is 0 Å². The fourth-order valence-electron chi connectivity index (χ4n) is 5.66. The standard InChI is InChI=1S/C35H28O7/c1-4-40-35(38)30-20(2)17-28-32(33(30)31-25-12-8-5-9-21(25)13-15-27(31)39-3)34(37)29(42-28)18-23-14-16-26(41-23)24-11-7-6-10-22(24)19-36/h5-19,33,37H,4H2,1-3H3. The highest BCUT2D eigenvalue weighted by atomic mass is 16.5. The Morgan fingerprint density at radius 2 is 1.76 bits per heavy atom. The van der Waals surface area contributed by atoms with Crippen LogP contribution >= 0.6 is 0 Å². The number of ether oxygens (including phenoxy) is 2. The minimum Gasteiger partial charge on any atom is -0.504 e. The molecule has 1 N–H and O–H groups in total. The van der Waals surface area contributed by atoms with Crippen molar-refractivity contribution in [3.05, 3.63) is 117 Å². The summed E-state index contributed by atoms with van der Waals surface area (Å²) in [4.78, 5) is 25.0. The first-order valence-electron chi connectivity index (χ1n) is 13.6. The van der Waals surface area contributed by atoms with Crippen molar-refractivity contribution >= 4 is 35.2 Å². The SMILES string of the molecule is CCOC(=O)C1=C(C)C=c2oc(=Cc3ccc(-c4ccccc4C=O)o3)c(O)c2C1c1c(OC)ccc2ccccc12. The molecule has 0 radical (unpaired) electrons. The molecular formula is C35H28O7. The summed E-state index contributed by atoms with van der Waals surface area (Å²) in [7, 11) is 1.58. The number of hydrogen-bond donors (Lipinski definition) is 1. The molecule has 5 aromatic rings. The van der Waals surface area contributed by atoms with E-state index in [0.717, 1.165) is 22.6 Å². The second-order valence-corrected chi connectivity index (χ2v) is 9.94. The lowest BCUT2D eigenvalue weighted by molar-refractivity contribution is -0.138. The molecule has 0 amide bonds. The zero-order valence-electron chi connectivity index (χ0n) is 23.3. The van der Waals surface area contributed by atoms with Crippen LogP contribution in [0.1, 0.15) is 47.0 Å². The van der Waals surface area contributed by atoms with Gasteiger partial charge in [0.25, 0.3) is 0 Å². The van der Waals surface area contributed by atoms with Crippen molar-refractivity contribution in [1.82, 2.24) is 0 Å². The average Bonchev–Trinajstić information content (AvgIpc) is 3.59. The molecule has 1 unspecified atom stereocenters. The molecule has 1 aliphatic rings. The first kappa shape index (κ1) is 26.9. The molecule has 210 valence electrons. The molecule has 42 heavy (non-hydrogen) atoms. The van der Waals surface area contributed by atoms with Crippen molar-refractivity contribution in [3.63, 3.8) is 0 Å². The van der Waals surface area contributed by atoms with E-state index in [1.165, 1.54) is 0 Å². The van der Waals surface area contributed by atoms with Gasteiger partial charge in [0.05, 0.1) is 30.8 Å². The summed E-state index contributed by atoms with van der Waals surface area (Å²) in [5.74, 6) is 0.155. The summed E-state index contributed by atoms with van der Waals surface area (Å²) in [5.41, 5.74) is 3.96. The number of hydrogen-bond acceptors (Lipinski definition) is 7. The summed E-state index contributed by atoms with van der Waals surface area (Å²) in [6, 6.07) is 22.3. The van der Waals surface area contributed by atoms with Crippen LogP contribution in [0, 0.1) is 0 Å². The van der Waals surface area contributed by atoms with Crippen molar-refractivity contribution in [3.8, 4) is 22.8 Å². The van der Waals surface area contributed by atoms with Gasteiger partial charge in [-0.15, -0.1) is 0 Å². The van der Waals surface area contributed by atoms with Gasteiger partial charge in [0.1, 0.15) is 22.7 Å². The smallest absolute Gasteiger partial charge is 0.335 e. The maximum atomic E-state index is 13.4. The number of esters is 1. The molecule has 0 saturated heterocycles. The monoisotopic (exact) mass is 560 g/mol. The molecule has 7 nitrogen and oxygen atoms in total. The predicted molar refractivity (Wildman–Crippen MR) is 159 cm³/mol. The van der Waals surface area contributed by atoms with Gasteiger partial charge in [-0.2, -0.15) is 0 Å². The van der Waals surface area contributed by atoms with Gasteiger partial charge in [-0.05, 0) is 54.5 Å². The third kappa shape index (κ3) is 4.49. The molecule has 1 aliphatic carbocycles. The molecular weight excluding hydrogens is 532 g/mol. The van der Waals surface area contributed by atoms with Crippen molar-refractivity contribution in [2.45, 2.75) is 19.8 Å². The van der Waals surface area contributed by atoms with Crippen molar-refractivity contribution in [2.75, 3.05) is 13.7 Å². The second kappa shape index (κ2) is 10.9. The van der Waals surface area contributed by atoms with Gasteiger partial charge in [0.2, 0.25) is 0 Å². The van der Waals surface area contributed by atoms with Crippen LogP contribution in [0.4, 0.5) is 0 Å². The normalized spacial score (nSPS) is 14.9. The lowest BCUT2D eigenvalue weighted by atomic mass is 9.78. The topological polar surface area (TPSA) is 99.1 Å². The Kier molecular flexibility index (Phi) is 7.00. The van der Waals surface area contributed by atoms with Crippen LogP contribution in [0.2, 0.25) is 0 Å². The zero-order valence-corrected chi connectivity index (χ0v) is 23.3. The lowest BCUT2D eigenvalue weighted by Crippen LogP contribution is -2.25. The molecule has 0 fully saturated rings. The number of carbonyl (C=O) groups is 2. The van der Waals surface area contributed by atoms with Crippen LogP contribution in [-0.4, -0.2) is 31.1 Å². The molecule has 2 heterocycles. The molecule has 0 spiro atoms. The summed E-state index contributed by atoms with van der Waals surface area (Å²) in [5, 5.41) is 13.5. The Morgan fingerprint density at radius 1 is 0.976 bits per heavy atom. The maximum absolute atomic E-state index is 13.4. The molecule has 0 saturated carbocycles. The molecule has 3 aromatic carbocycles. The largest absolute Gasteiger partial charge is 0.504 e. The van der Waals surface area contributed by atoms with Crippen LogP contribution < -0.4 is 15.6 Å². The van der Waals surface area contributed by atoms with E-state index < -0.39 is 11.9 Å². The fourth-order valence-corrected chi connectivity index (χ4v) is 5.66. The molecule has 6 rings (SSSR count). The number of rotatable bonds is 7. The number of allylic oxidation sites excluding steroid dienone is 1. The molecule has 2 aromatic heterocycles. The Morgan fingerprint density at radius 3 is 2.55 bits per heavy atom. The van der Waals surface area contributed by atoms with Gasteiger partial charge in [-0.3, -0.25) is 4.79 Å². The quantitative estimate of drug-likeness (QED) is 0.197. The number of benzene rings is 3. The van der Waals surface area contributed by atoms with E-state index >= 15 is 0 Å². The Bertz CT molecular complexity index is 2000. The lowest BCUT2D eigenvalue weighted by Gasteiger charge is -2.26. The molecule has 0 bridgehead atoms.